The zero-order chi connectivity index (χ0) is 14.8. The summed E-state index contributed by atoms with van der Waals surface area (Å²) in [6.45, 7) is 1.10. The van der Waals surface area contributed by atoms with Crippen LogP contribution in [0.5, 0.6) is 0 Å². The molecule has 0 aliphatic carbocycles. The van der Waals surface area contributed by atoms with Gasteiger partial charge >= 0.3 is 6.18 Å². The fourth-order valence-electron chi connectivity index (χ4n) is 2.12. The van der Waals surface area contributed by atoms with Crippen molar-refractivity contribution in [2.45, 2.75) is 12.6 Å². The Morgan fingerprint density at radius 3 is 2.70 bits per heavy atom. The van der Waals surface area contributed by atoms with Crippen LogP contribution in [0, 0.1) is 0 Å². The van der Waals surface area contributed by atoms with E-state index in [0.717, 1.165) is 24.0 Å². The van der Waals surface area contributed by atoms with Crippen LogP contribution in [0.15, 0.2) is 18.2 Å². The lowest BCUT2D eigenvalue weighted by molar-refractivity contribution is -0.136. The van der Waals surface area contributed by atoms with Gasteiger partial charge in [0.1, 0.15) is 0 Å². The van der Waals surface area contributed by atoms with Crippen LogP contribution in [0.25, 0.3) is 0 Å². The number of nitrogen functional groups attached to an aromatic ring is 1. The highest BCUT2D eigenvalue weighted by Gasteiger charge is 2.34. The summed E-state index contributed by atoms with van der Waals surface area (Å²) in [5.41, 5.74) is 4.04. The second-order valence-corrected chi connectivity index (χ2v) is 5.75. The molecule has 1 aromatic carbocycles. The second kappa shape index (κ2) is 5.95. The highest BCUT2D eigenvalue weighted by Crippen LogP contribution is 2.35. The van der Waals surface area contributed by atoms with E-state index in [4.69, 9.17) is 5.73 Å². The lowest BCUT2D eigenvalue weighted by atomic mass is 10.1. The van der Waals surface area contributed by atoms with Crippen molar-refractivity contribution >= 4 is 23.4 Å². The van der Waals surface area contributed by atoms with E-state index in [2.05, 4.69) is 0 Å². The third-order valence-corrected chi connectivity index (χ3v) is 4.20. The molecule has 1 aliphatic heterocycles. The van der Waals surface area contributed by atoms with Gasteiger partial charge in [0.2, 0.25) is 0 Å². The lowest BCUT2D eigenvalue weighted by Crippen LogP contribution is -2.33. The predicted molar refractivity (Wildman–Crippen MR) is 73.7 cm³/mol. The average Bonchev–Trinajstić information content (AvgIpc) is 2.65. The van der Waals surface area contributed by atoms with Gasteiger partial charge in [-0.15, -0.1) is 0 Å². The minimum absolute atomic E-state index is 0.0632. The van der Waals surface area contributed by atoms with E-state index >= 15 is 0 Å². The Labute approximate surface area is 119 Å². The van der Waals surface area contributed by atoms with Crippen LogP contribution >= 0.6 is 11.8 Å². The van der Waals surface area contributed by atoms with Crippen LogP contribution in [-0.4, -0.2) is 35.4 Å². The van der Waals surface area contributed by atoms with Crippen LogP contribution in [0.1, 0.15) is 22.3 Å². The first-order valence-corrected chi connectivity index (χ1v) is 7.39. The normalized spacial score (nSPS) is 16.9. The SMILES string of the molecule is Nc1c(C(=O)N2CCCSCC2)cccc1C(F)(F)F. The van der Waals surface area contributed by atoms with E-state index in [0.29, 0.717) is 13.1 Å². The van der Waals surface area contributed by atoms with Gasteiger partial charge in [-0.25, -0.2) is 0 Å². The molecular formula is C13H15F3N2OS. The Morgan fingerprint density at radius 2 is 2.00 bits per heavy atom. The highest BCUT2D eigenvalue weighted by molar-refractivity contribution is 7.99. The molecule has 1 amide bonds. The second-order valence-electron chi connectivity index (χ2n) is 4.52. The molecule has 1 heterocycles. The highest BCUT2D eigenvalue weighted by atomic mass is 32.2. The quantitative estimate of drug-likeness (QED) is 0.812. The van der Waals surface area contributed by atoms with E-state index in [9.17, 15) is 18.0 Å². The summed E-state index contributed by atoms with van der Waals surface area (Å²) in [5.74, 6) is 1.34. The van der Waals surface area contributed by atoms with Crippen molar-refractivity contribution in [3.8, 4) is 0 Å². The third-order valence-electron chi connectivity index (χ3n) is 3.15. The Bertz CT molecular complexity index is 497. The monoisotopic (exact) mass is 304 g/mol. The van der Waals surface area contributed by atoms with Gasteiger partial charge in [-0.2, -0.15) is 24.9 Å². The Hall–Kier alpha value is -1.37. The van der Waals surface area contributed by atoms with E-state index in [-0.39, 0.29) is 5.56 Å². The zero-order valence-corrected chi connectivity index (χ0v) is 11.6. The number of hydrogen-bond donors (Lipinski definition) is 1. The number of thioether (sulfide) groups is 1. The van der Waals surface area contributed by atoms with E-state index in [1.54, 1.807) is 16.7 Å². The topological polar surface area (TPSA) is 46.3 Å². The molecule has 110 valence electrons. The Morgan fingerprint density at radius 1 is 1.25 bits per heavy atom. The summed E-state index contributed by atoms with van der Waals surface area (Å²) in [4.78, 5) is 13.9. The summed E-state index contributed by atoms with van der Waals surface area (Å²) < 4.78 is 38.4. The number of alkyl halides is 3. The fraction of sp³-hybridized carbons (Fsp3) is 0.462. The van der Waals surface area contributed by atoms with Crippen molar-refractivity contribution in [3.63, 3.8) is 0 Å². The van der Waals surface area contributed by atoms with E-state index in [1.165, 1.54) is 12.1 Å². The molecular weight excluding hydrogens is 289 g/mol. The number of benzene rings is 1. The minimum Gasteiger partial charge on any atom is -0.398 e. The predicted octanol–water partition coefficient (Wildman–Crippen LogP) is 2.87. The van der Waals surface area contributed by atoms with Crippen molar-refractivity contribution in [2.24, 2.45) is 0 Å². The Balaban J connectivity index is 2.30. The molecule has 20 heavy (non-hydrogen) atoms. The molecule has 1 fully saturated rings. The van der Waals surface area contributed by atoms with Crippen molar-refractivity contribution < 1.29 is 18.0 Å². The molecule has 0 atom stereocenters. The summed E-state index contributed by atoms with van der Waals surface area (Å²) in [6, 6.07) is 3.47. The van der Waals surface area contributed by atoms with Gasteiger partial charge in [-0.3, -0.25) is 4.79 Å². The van der Waals surface area contributed by atoms with E-state index in [1.807, 2.05) is 0 Å². The summed E-state index contributed by atoms with van der Waals surface area (Å²) >= 11 is 1.74. The molecule has 0 radical (unpaired) electrons. The molecule has 2 N–H and O–H groups in total. The number of hydrogen-bond acceptors (Lipinski definition) is 3. The maximum atomic E-state index is 12.8. The maximum Gasteiger partial charge on any atom is 0.418 e. The molecule has 3 nitrogen and oxygen atoms in total. The number of anilines is 1. The first kappa shape index (κ1) is 15.0. The summed E-state index contributed by atoms with van der Waals surface area (Å²) in [5, 5.41) is 0. The van der Waals surface area contributed by atoms with Gasteiger partial charge in [0, 0.05) is 18.8 Å². The molecule has 0 unspecified atom stereocenters. The van der Waals surface area contributed by atoms with Gasteiger partial charge in [-0.05, 0) is 24.3 Å². The molecule has 2 rings (SSSR count). The molecule has 1 aromatic rings. The van der Waals surface area contributed by atoms with Crippen LogP contribution < -0.4 is 5.73 Å². The molecule has 7 heteroatoms. The minimum atomic E-state index is -4.55. The fourth-order valence-corrected chi connectivity index (χ4v) is 3.01. The summed E-state index contributed by atoms with van der Waals surface area (Å²) in [7, 11) is 0. The number of nitrogens with two attached hydrogens (primary N) is 1. The molecule has 1 aliphatic rings. The van der Waals surface area contributed by atoms with Gasteiger partial charge in [-0.1, -0.05) is 6.07 Å². The van der Waals surface area contributed by atoms with Crippen molar-refractivity contribution in [3.05, 3.63) is 29.3 Å². The van der Waals surface area contributed by atoms with Crippen molar-refractivity contribution in [1.29, 1.82) is 0 Å². The molecule has 1 saturated heterocycles. The first-order chi connectivity index (χ1) is 9.41. The number of nitrogens with zero attached hydrogens (tertiary/aromatic N) is 1. The zero-order valence-electron chi connectivity index (χ0n) is 10.7. The van der Waals surface area contributed by atoms with Gasteiger partial charge < -0.3 is 10.6 Å². The van der Waals surface area contributed by atoms with Crippen LogP contribution in [0.3, 0.4) is 0 Å². The van der Waals surface area contributed by atoms with Gasteiger partial charge in [0.05, 0.1) is 16.8 Å². The third kappa shape index (κ3) is 3.20. The van der Waals surface area contributed by atoms with E-state index < -0.39 is 23.3 Å². The first-order valence-electron chi connectivity index (χ1n) is 6.24. The smallest absolute Gasteiger partial charge is 0.398 e. The lowest BCUT2D eigenvalue weighted by Gasteiger charge is -2.22. The number of carbonyl (C=O) groups is 1. The number of amides is 1. The molecule has 0 bridgehead atoms. The average molecular weight is 304 g/mol. The van der Waals surface area contributed by atoms with Gasteiger partial charge in [0.25, 0.3) is 5.91 Å². The maximum absolute atomic E-state index is 12.8. The standard InChI is InChI=1S/C13H15F3N2OS/c14-13(15,16)10-4-1-3-9(11(10)17)12(19)18-5-2-7-20-8-6-18/h1,3-4H,2,5-8,17H2. The number of para-hydroxylation sites is 1. The van der Waals surface area contributed by atoms with Crippen LogP contribution in [0.2, 0.25) is 0 Å². The van der Waals surface area contributed by atoms with Crippen molar-refractivity contribution in [2.75, 3.05) is 30.3 Å². The summed E-state index contributed by atoms with van der Waals surface area (Å²) in [6.07, 6.45) is -3.70. The van der Waals surface area contributed by atoms with Crippen LogP contribution in [-0.2, 0) is 6.18 Å². The van der Waals surface area contributed by atoms with Gasteiger partial charge in [0.15, 0.2) is 0 Å². The number of halogens is 3. The molecule has 0 aromatic heterocycles. The number of carbonyl (C=O) groups excluding carboxylic acids is 1. The largest absolute Gasteiger partial charge is 0.418 e. The Kier molecular flexibility index (Phi) is 4.47. The molecule has 0 saturated carbocycles. The number of rotatable bonds is 1. The van der Waals surface area contributed by atoms with Crippen molar-refractivity contribution in [1.82, 2.24) is 4.90 Å². The van der Waals surface area contributed by atoms with Crippen LogP contribution in [0.4, 0.5) is 18.9 Å². The molecule has 0 spiro atoms.